The molecule has 208 valence electrons. The van der Waals surface area contributed by atoms with E-state index in [9.17, 15) is 13.2 Å². The van der Waals surface area contributed by atoms with E-state index < -0.39 is 15.7 Å². The van der Waals surface area contributed by atoms with Crippen LogP contribution in [-0.2, 0) is 26.1 Å². The Morgan fingerprint density at radius 1 is 1.05 bits per heavy atom. The molecule has 6 rings (SSSR count). The number of sulfonamides is 1. The number of hydrogen-bond donors (Lipinski definition) is 0. The van der Waals surface area contributed by atoms with Gasteiger partial charge in [-0.25, -0.2) is 8.42 Å². The molecule has 1 unspecified atom stereocenters. The van der Waals surface area contributed by atoms with E-state index in [-0.39, 0.29) is 35.4 Å². The van der Waals surface area contributed by atoms with Gasteiger partial charge in [-0.05, 0) is 49.0 Å². The fraction of sp³-hybridized carbons (Fsp3) is 0.464. The molecule has 0 bridgehead atoms. The number of thiophene rings is 1. The van der Waals surface area contributed by atoms with Crippen LogP contribution < -0.4 is 0 Å². The Bertz CT molecular complexity index is 1490. The van der Waals surface area contributed by atoms with Crippen molar-refractivity contribution >= 4 is 49.0 Å². The summed E-state index contributed by atoms with van der Waals surface area (Å²) in [6.45, 7) is 3.54. The van der Waals surface area contributed by atoms with Crippen LogP contribution in [0.3, 0.4) is 0 Å². The number of methoxy groups -OCH3 is 1. The second-order valence-corrected chi connectivity index (χ2v) is 14.6. The highest BCUT2D eigenvalue weighted by atomic mass is 35.5. The van der Waals surface area contributed by atoms with Crippen molar-refractivity contribution in [2.45, 2.75) is 34.8 Å². The van der Waals surface area contributed by atoms with E-state index >= 15 is 0 Å². The summed E-state index contributed by atoms with van der Waals surface area (Å²) in [6.07, 6.45) is 1.80. The van der Waals surface area contributed by atoms with E-state index in [4.69, 9.17) is 16.3 Å². The van der Waals surface area contributed by atoms with Crippen molar-refractivity contribution in [2.75, 3.05) is 53.5 Å². The first-order chi connectivity index (χ1) is 18.7. The summed E-state index contributed by atoms with van der Waals surface area (Å²) in [7, 11) is -0.252. The summed E-state index contributed by atoms with van der Waals surface area (Å²) in [6, 6.07) is 17.5. The average Bonchev–Trinajstić information content (AvgIpc) is 3.45. The molecule has 8 nitrogen and oxygen atoms in total. The minimum Gasteiger partial charge on any atom is -0.381 e. The Labute approximate surface area is 238 Å². The molecule has 11 heteroatoms. The highest BCUT2D eigenvalue weighted by Crippen LogP contribution is 2.46. The molecule has 0 saturated carbocycles. The second-order valence-electron chi connectivity index (χ2n) is 11.0. The molecule has 1 spiro atoms. The van der Waals surface area contributed by atoms with Crippen molar-refractivity contribution in [3.63, 3.8) is 0 Å². The Kier molecular flexibility index (Phi) is 7.03. The zero-order chi connectivity index (χ0) is 27.4. The molecule has 0 radical (unpaired) electrons. The molecule has 1 amide bonds. The van der Waals surface area contributed by atoms with Gasteiger partial charge < -0.3 is 9.64 Å². The molecule has 1 atom stereocenters. The number of halogens is 1. The van der Waals surface area contributed by atoms with Gasteiger partial charge in [-0.15, -0.1) is 11.3 Å². The number of ether oxygens (including phenoxy) is 1. The molecule has 39 heavy (non-hydrogen) atoms. The van der Waals surface area contributed by atoms with Crippen molar-refractivity contribution in [3.05, 3.63) is 65.2 Å². The third-order valence-corrected chi connectivity index (χ3v) is 12.4. The highest BCUT2D eigenvalue weighted by molar-refractivity contribution is 7.91. The molecular formula is C28H33ClN4O4S2. The second kappa shape index (κ2) is 10.1. The van der Waals surface area contributed by atoms with Crippen molar-refractivity contribution in [1.29, 1.82) is 0 Å². The Balaban J connectivity index is 1.26. The summed E-state index contributed by atoms with van der Waals surface area (Å²) >= 11 is 7.32. The van der Waals surface area contributed by atoms with Crippen molar-refractivity contribution in [2.24, 2.45) is 0 Å². The number of rotatable bonds is 6. The smallest absolute Gasteiger partial charge is 0.253 e. The van der Waals surface area contributed by atoms with Gasteiger partial charge in [0.1, 0.15) is 9.87 Å². The first-order valence-electron chi connectivity index (χ1n) is 13.2. The van der Waals surface area contributed by atoms with Crippen LogP contribution in [0.2, 0.25) is 5.02 Å². The van der Waals surface area contributed by atoms with E-state index in [0.717, 1.165) is 42.6 Å². The van der Waals surface area contributed by atoms with Gasteiger partial charge in [0.2, 0.25) is 5.91 Å². The summed E-state index contributed by atoms with van der Waals surface area (Å²) in [4.78, 5) is 20.3. The maximum Gasteiger partial charge on any atom is 0.253 e. The number of likely N-dealkylation sites (N-methyl/N-ethyl adjacent to an activating group) is 1. The first kappa shape index (κ1) is 27.1. The van der Waals surface area contributed by atoms with Crippen LogP contribution in [0.25, 0.3) is 10.1 Å². The van der Waals surface area contributed by atoms with E-state index in [2.05, 4.69) is 34.1 Å². The zero-order valence-electron chi connectivity index (χ0n) is 22.2. The lowest BCUT2D eigenvalue weighted by atomic mass is 9.86. The topological polar surface area (TPSA) is 73.4 Å². The maximum atomic E-state index is 13.9. The van der Waals surface area contributed by atoms with Crippen LogP contribution in [0, 0.1) is 0 Å². The fourth-order valence-corrected chi connectivity index (χ4v) is 9.84. The van der Waals surface area contributed by atoms with Gasteiger partial charge in [0.25, 0.3) is 10.0 Å². The average molecular weight is 589 g/mol. The third-order valence-electron chi connectivity index (χ3n) is 8.80. The summed E-state index contributed by atoms with van der Waals surface area (Å²) in [5.74, 6) is -0.179. The van der Waals surface area contributed by atoms with Gasteiger partial charge in [0, 0.05) is 48.6 Å². The lowest BCUT2D eigenvalue weighted by Gasteiger charge is -2.50. The molecule has 0 N–H and O–H groups in total. The van der Waals surface area contributed by atoms with Crippen molar-refractivity contribution in [1.82, 2.24) is 19.0 Å². The molecule has 0 aliphatic carbocycles. The number of piperazine rings is 1. The van der Waals surface area contributed by atoms with Crippen molar-refractivity contribution in [3.8, 4) is 0 Å². The largest absolute Gasteiger partial charge is 0.381 e. The molecule has 3 fully saturated rings. The van der Waals surface area contributed by atoms with Crippen LogP contribution in [-0.4, -0.2) is 98.0 Å². The van der Waals surface area contributed by atoms with Crippen molar-refractivity contribution < 1.29 is 17.9 Å². The van der Waals surface area contributed by atoms with Crippen LogP contribution in [0.4, 0.5) is 0 Å². The number of nitrogens with zero attached hydrogens (tertiary/aromatic N) is 4. The quantitative estimate of drug-likeness (QED) is 0.437. The molecular weight excluding hydrogens is 556 g/mol. The van der Waals surface area contributed by atoms with Gasteiger partial charge in [0.15, 0.2) is 0 Å². The van der Waals surface area contributed by atoms with E-state index in [1.165, 1.54) is 21.2 Å². The minimum absolute atomic E-state index is 0.163. The van der Waals surface area contributed by atoms with Gasteiger partial charge >= 0.3 is 0 Å². The molecule has 1 aromatic heterocycles. The number of fused-ring (bicyclic) bond motifs is 2. The maximum absolute atomic E-state index is 13.9. The van der Waals surface area contributed by atoms with Gasteiger partial charge in [0.05, 0.1) is 19.7 Å². The SMILES string of the molecule is COCC12CN(S(=O)(=O)c3cc4ccc(Cl)cc4s3)CC(=O)N1CC1(CCN(Cc3ccccc3)CC1)N2C. The van der Waals surface area contributed by atoms with Crippen LogP contribution in [0.5, 0.6) is 0 Å². The van der Waals surface area contributed by atoms with Crippen LogP contribution >= 0.6 is 22.9 Å². The zero-order valence-corrected chi connectivity index (χ0v) is 24.6. The Morgan fingerprint density at radius 2 is 1.79 bits per heavy atom. The summed E-state index contributed by atoms with van der Waals surface area (Å²) < 4.78 is 35.8. The molecule has 4 heterocycles. The molecule has 3 aromatic rings. The molecule has 3 aliphatic rings. The summed E-state index contributed by atoms with van der Waals surface area (Å²) in [5.41, 5.74) is 0.204. The Hall–Kier alpha value is -2.05. The predicted molar refractivity (Wildman–Crippen MR) is 153 cm³/mol. The molecule has 2 aromatic carbocycles. The monoisotopic (exact) mass is 588 g/mol. The first-order valence-corrected chi connectivity index (χ1v) is 15.8. The molecule has 3 aliphatic heterocycles. The fourth-order valence-electron chi connectivity index (χ4n) is 6.58. The highest BCUT2D eigenvalue weighted by Gasteiger charge is 2.63. The molecule has 3 saturated heterocycles. The number of amides is 1. The number of carbonyl (C=O) groups excluding carboxylic acids is 1. The number of likely N-dealkylation sites (tertiary alicyclic amines) is 1. The minimum atomic E-state index is -3.90. The number of hydrogen-bond acceptors (Lipinski definition) is 7. The van der Waals surface area contributed by atoms with E-state index in [1.54, 1.807) is 25.3 Å². The number of piperidine rings is 1. The normalized spacial score (nSPS) is 24.6. The predicted octanol–water partition coefficient (Wildman–Crippen LogP) is 3.71. The Morgan fingerprint density at radius 3 is 2.51 bits per heavy atom. The van der Waals surface area contributed by atoms with Gasteiger partial charge in [-0.3, -0.25) is 14.6 Å². The number of carbonyl (C=O) groups is 1. The summed E-state index contributed by atoms with van der Waals surface area (Å²) in [5, 5.41) is 1.38. The van der Waals surface area contributed by atoms with Crippen LogP contribution in [0.15, 0.2) is 58.8 Å². The van der Waals surface area contributed by atoms with E-state index in [1.807, 2.05) is 24.1 Å². The third kappa shape index (κ3) is 4.60. The van der Waals surface area contributed by atoms with Gasteiger partial charge in [-0.1, -0.05) is 48.0 Å². The van der Waals surface area contributed by atoms with Crippen LogP contribution in [0.1, 0.15) is 18.4 Å². The van der Waals surface area contributed by atoms with E-state index in [0.29, 0.717) is 11.6 Å². The van der Waals surface area contributed by atoms with Gasteiger partial charge in [-0.2, -0.15) is 4.31 Å². The standard InChI is InChI=1S/C28H33ClN4O4S2/c1-30-27(10-12-31(13-11-27)16-21-6-4-3-5-7-21)18-33-25(34)17-32(19-28(30,33)20-37-2)39(35,36)26-14-22-8-9-23(29)15-24(22)38-26/h3-9,14-15H,10-13,16-20H2,1-2H3. The lowest BCUT2D eigenvalue weighted by molar-refractivity contribution is -0.152. The lowest BCUT2D eigenvalue weighted by Crippen LogP contribution is -2.70. The number of benzene rings is 2.